The first-order valence-corrected chi connectivity index (χ1v) is 17.7. The van der Waals surface area contributed by atoms with Gasteiger partial charge < -0.3 is 19.9 Å². The van der Waals surface area contributed by atoms with Crippen molar-refractivity contribution in [1.29, 1.82) is 0 Å². The van der Waals surface area contributed by atoms with Crippen LogP contribution in [-0.2, 0) is 32.4 Å². The Kier molecular flexibility index (Phi) is 9.97. The van der Waals surface area contributed by atoms with Gasteiger partial charge in [0.05, 0.1) is 30.6 Å². The quantitative estimate of drug-likeness (QED) is 0.185. The molecule has 0 spiro atoms. The van der Waals surface area contributed by atoms with Crippen molar-refractivity contribution in [2.45, 2.75) is 30.9 Å². The first kappa shape index (κ1) is 33.4. The molecule has 1 saturated heterocycles. The summed E-state index contributed by atoms with van der Waals surface area (Å²) >= 11 is 0. The summed E-state index contributed by atoms with van der Waals surface area (Å²) in [4.78, 5) is 30.5. The molecule has 0 aliphatic carbocycles. The molecule has 1 aliphatic rings. The normalized spacial score (nSPS) is 15.1. The first-order valence-electron chi connectivity index (χ1n) is 15.8. The minimum atomic E-state index is -3.76. The van der Waals surface area contributed by atoms with Crippen molar-refractivity contribution < 1.29 is 22.3 Å². The predicted molar refractivity (Wildman–Crippen MR) is 185 cm³/mol. The van der Waals surface area contributed by atoms with Crippen molar-refractivity contribution in [1.82, 2.24) is 24.8 Å². The van der Waals surface area contributed by atoms with E-state index in [1.54, 1.807) is 6.20 Å². The smallest absolute Gasteiger partial charge is 0.227 e. The number of ketones is 1. The summed E-state index contributed by atoms with van der Waals surface area (Å²) in [5, 5.41) is 3.72. The molecule has 250 valence electrons. The van der Waals surface area contributed by atoms with Crippen LogP contribution in [0.25, 0.3) is 22.2 Å². The van der Waals surface area contributed by atoms with Gasteiger partial charge >= 0.3 is 0 Å². The van der Waals surface area contributed by atoms with Gasteiger partial charge in [0.2, 0.25) is 5.95 Å². The van der Waals surface area contributed by atoms with Crippen molar-refractivity contribution in [3.05, 3.63) is 102 Å². The number of carbonyl (C=O) groups excluding carboxylic acids is 1. The van der Waals surface area contributed by atoms with E-state index in [4.69, 9.17) is 4.74 Å². The average Bonchev–Trinajstić information content (AvgIpc) is 3.50. The number of para-hydroxylation sites is 1. The van der Waals surface area contributed by atoms with Crippen LogP contribution in [0.3, 0.4) is 0 Å². The molecule has 1 fully saturated rings. The summed E-state index contributed by atoms with van der Waals surface area (Å²) in [7, 11) is -1.67. The topological polar surface area (TPSA) is 121 Å². The summed E-state index contributed by atoms with van der Waals surface area (Å²) in [6.07, 6.45) is 4.67. The fourth-order valence-corrected chi connectivity index (χ4v) is 6.81. The number of aromatic nitrogens is 3. The molecule has 0 unspecified atom stereocenters. The van der Waals surface area contributed by atoms with Crippen molar-refractivity contribution in [2.75, 3.05) is 51.4 Å². The number of sulfone groups is 1. The number of anilines is 2. The monoisotopic (exact) mass is 670 g/mol. The highest BCUT2D eigenvalue weighted by atomic mass is 32.2. The number of H-pyrrole nitrogens is 1. The number of nitrogens with one attached hydrogen (secondary N) is 2. The van der Waals surface area contributed by atoms with Gasteiger partial charge in [0.1, 0.15) is 4.90 Å². The summed E-state index contributed by atoms with van der Waals surface area (Å²) in [6.45, 7) is 6.01. The van der Waals surface area contributed by atoms with Gasteiger partial charge in [-0.25, -0.2) is 22.8 Å². The van der Waals surface area contributed by atoms with Gasteiger partial charge in [-0.15, -0.1) is 0 Å². The van der Waals surface area contributed by atoms with Crippen molar-refractivity contribution in [2.24, 2.45) is 0 Å². The zero-order valence-electron chi connectivity index (χ0n) is 27.2. The third-order valence-electron chi connectivity index (χ3n) is 8.74. The number of benzene rings is 3. The fourth-order valence-electron chi connectivity index (χ4n) is 6.05. The molecule has 0 saturated carbocycles. The van der Waals surface area contributed by atoms with Gasteiger partial charge in [0, 0.05) is 67.7 Å². The highest BCUT2D eigenvalue weighted by Gasteiger charge is 2.29. The molecule has 3 aromatic carbocycles. The Morgan fingerprint density at radius 2 is 1.79 bits per heavy atom. The number of Topliss-reactive ketones (excluding diaryl/α,β-unsaturated/α-hetero) is 1. The Balaban J connectivity index is 1.24. The van der Waals surface area contributed by atoms with E-state index < -0.39 is 20.5 Å². The third-order valence-corrected chi connectivity index (χ3v) is 9.85. The second kappa shape index (κ2) is 14.3. The molecule has 1 aliphatic heterocycles. The Bertz CT molecular complexity index is 2030. The maximum absolute atomic E-state index is 15.1. The van der Waals surface area contributed by atoms with Gasteiger partial charge in [-0.1, -0.05) is 54.6 Å². The number of carbonyl (C=O) groups is 1. The Labute approximate surface area is 279 Å². The first-order chi connectivity index (χ1) is 23.1. The number of hydrogen-bond acceptors (Lipinski definition) is 9. The highest BCUT2D eigenvalue weighted by Crippen LogP contribution is 2.33. The fraction of sp³-hybridized carbons (Fsp3) is 0.306. The summed E-state index contributed by atoms with van der Waals surface area (Å²) in [6, 6.07) is 19.6. The van der Waals surface area contributed by atoms with Gasteiger partial charge in [-0.3, -0.25) is 9.69 Å². The molecule has 0 bridgehead atoms. The molecule has 2 N–H and O–H groups in total. The number of likely N-dealkylation sites (N-methyl/N-ethyl adjacent to an activating group) is 1. The lowest BCUT2D eigenvalue weighted by Crippen LogP contribution is -2.53. The standard InChI is InChI=1S/C36H39FN6O4S/c1-24-20-39-36(40-29-13-8-14-32(33(29)37)48(3,45)46)41-34(24)28-21-38-35-26(11-7-12-27(28)35)19-31(44)30(43-17-15-42(2)16-18-43)23-47-22-25-9-5-4-6-10-25/h4-14,20-21,30,38H,15-19,22-23H2,1-3H3,(H,39,40,41)/t30-/m1/s1. The lowest BCUT2D eigenvalue weighted by atomic mass is 9.99. The zero-order valence-corrected chi connectivity index (χ0v) is 28.1. The van der Waals surface area contributed by atoms with E-state index in [1.807, 2.05) is 61.7 Å². The van der Waals surface area contributed by atoms with Gasteiger partial charge in [-0.05, 0) is 42.8 Å². The van der Waals surface area contributed by atoms with E-state index in [0.717, 1.165) is 65.6 Å². The van der Waals surface area contributed by atoms with Crippen molar-refractivity contribution >= 4 is 38.2 Å². The van der Waals surface area contributed by atoms with Gasteiger partial charge in [0.25, 0.3) is 0 Å². The van der Waals surface area contributed by atoms with Crippen LogP contribution in [0.2, 0.25) is 0 Å². The SMILES string of the molecule is Cc1cnc(Nc2cccc(S(C)(=O)=O)c2F)nc1-c1c[nH]c2c(CC(=O)[C@@H](COCc3ccccc3)N3CCN(C)CC3)cccc12. The van der Waals surface area contributed by atoms with Crippen LogP contribution in [0.15, 0.2) is 84.0 Å². The lowest BCUT2D eigenvalue weighted by Gasteiger charge is -2.37. The van der Waals surface area contributed by atoms with Crippen LogP contribution in [0, 0.1) is 12.7 Å². The van der Waals surface area contributed by atoms with Crippen LogP contribution in [0.5, 0.6) is 0 Å². The summed E-state index contributed by atoms with van der Waals surface area (Å²) < 4.78 is 45.2. The number of fused-ring (bicyclic) bond motifs is 1. The van der Waals surface area contributed by atoms with Crippen LogP contribution in [0.4, 0.5) is 16.0 Å². The van der Waals surface area contributed by atoms with E-state index in [-0.39, 0.29) is 29.9 Å². The summed E-state index contributed by atoms with van der Waals surface area (Å²) in [5.74, 6) is -0.682. The van der Waals surface area contributed by atoms with Crippen LogP contribution >= 0.6 is 0 Å². The summed E-state index contributed by atoms with van der Waals surface area (Å²) in [5.41, 5.74) is 4.94. The van der Waals surface area contributed by atoms with Crippen molar-refractivity contribution in [3.8, 4) is 11.3 Å². The number of piperazine rings is 1. The molecule has 10 nitrogen and oxygen atoms in total. The molecule has 12 heteroatoms. The number of hydrogen-bond donors (Lipinski definition) is 2. The number of nitrogens with zero attached hydrogens (tertiary/aromatic N) is 4. The maximum atomic E-state index is 15.1. The Morgan fingerprint density at radius 1 is 1.04 bits per heavy atom. The van der Waals surface area contributed by atoms with Crippen molar-refractivity contribution in [3.63, 3.8) is 0 Å². The van der Waals surface area contributed by atoms with Gasteiger partial charge in [-0.2, -0.15) is 0 Å². The van der Waals surface area contributed by atoms with E-state index >= 15 is 4.39 Å². The molecular formula is C36H39FN6O4S. The van der Waals surface area contributed by atoms with Crippen LogP contribution in [-0.4, -0.2) is 91.1 Å². The van der Waals surface area contributed by atoms with E-state index in [2.05, 4.69) is 37.1 Å². The van der Waals surface area contributed by atoms with E-state index in [1.165, 1.54) is 18.2 Å². The molecule has 3 heterocycles. The minimum absolute atomic E-state index is 0.0462. The number of halogens is 1. The predicted octanol–water partition coefficient (Wildman–Crippen LogP) is 5.16. The van der Waals surface area contributed by atoms with Crippen LogP contribution in [0.1, 0.15) is 16.7 Å². The second-order valence-corrected chi connectivity index (χ2v) is 14.3. The highest BCUT2D eigenvalue weighted by molar-refractivity contribution is 7.90. The largest absolute Gasteiger partial charge is 0.375 e. The molecule has 6 rings (SSSR count). The molecule has 2 aromatic heterocycles. The lowest BCUT2D eigenvalue weighted by molar-refractivity contribution is -0.127. The second-order valence-electron chi connectivity index (χ2n) is 12.3. The van der Waals surface area contributed by atoms with Gasteiger partial charge in [0.15, 0.2) is 21.4 Å². The van der Waals surface area contributed by atoms with Crippen LogP contribution < -0.4 is 5.32 Å². The number of ether oxygens (including phenoxy) is 1. The number of aryl methyl sites for hydroxylation is 1. The molecule has 0 radical (unpaired) electrons. The Morgan fingerprint density at radius 3 is 2.54 bits per heavy atom. The minimum Gasteiger partial charge on any atom is -0.375 e. The third kappa shape index (κ3) is 7.47. The molecule has 1 atom stereocenters. The number of rotatable bonds is 12. The molecular weight excluding hydrogens is 631 g/mol. The molecule has 0 amide bonds. The average molecular weight is 671 g/mol. The molecule has 48 heavy (non-hydrogen) atoms. The maximum Gasteiger partial charge on any atom is 0.227 e. The van der Waals surface area contributed by atoms with E-state index in [9.17, 15) is 13.2 Å². The van der Waals surface area contributed by atoms with E-state index in [0.29, 0.717) is 18.9 Å². The number of aromatic amines is 1. The Hall–Kier alpha value is -4.49. The molecule has 5 aromatic rings. The zero-order chi connectivity index (χ0) is 33.8.